The van der Waals surface area contributed by atoms with Crippen LogP contribution in [0.3, 0.4) is 0 Å². The molecular weight excluding hydrogens is 416 g/mol. The summed E-state index contributed by atoms with van der Waals surface area (Å²) in [7, 11) is 0. The van der Waals surface area contributed by atoms with Gasteiger partial charge >= 0.3 is 129 Å². The molecule has 3 heteroatoms. The van der Waals surface area contributed by atoms with E-state index in [1.165, 1.54) is 127 Å². The summed E-state index contributed by atoms with van der Waals surface area (Å²) in [5.41, 5.74) is 0. The van der Waals surface area contributed by atoms with Crippen molar-refractivity contribution >= 4 is 18.4 Å². The molecule has 0 aliphatic carbocycles. The topological polar surface area (TPSA) is 17.1 Å². The maximum absolute atomic E-state index is 13.6. The number of rotatable bonds is 16. The van der Waals surface area contributed by atoms with E-state index in [9.17, 15) is 4.79 Å². The number of Topliss-reactive ketones (excluding diaryl/α,β-unsaturated/α-hetero) is 1. The fraction of sp³-hybridized carbons (Fsp3) is 0.962. The van der Waals surface area contributed by atoms with Gasteiger partial charge in [0.2, 0.25) is 0 Å². The van der Waals surface area contributed by atoms with Gasteiger partial charge in [0.15, 0.2) is 0 Å². The Kier molecular flexibility index (Phi) is 1.30. The van der Waals surface area contributed by atoms with Crippen LogP contribution >= 0.6 is 12.6 Å². The predicted octanol–water partition coefficient (Wildman–Crippen LogP) is 8.71. The first-order valence-corrected chi connectivity index (χ1v) is 20.3. The Hall–Kier alpha value is 0.539. The molecule has 10 aliphatic rings. The molecule has 10 aliphatic heterocycles. The molecule has 0 N–H and O–H groups in total. The van der Waals surface area contributed by atoms with Crippen LogP contribution in [0.15, 0.2) is 0 Å². The van der Waals surface area contributed by atoms with E-state index < -0.39 is 6.51 Å². The summed E-state index contributed by atoms with van der Waals surface area (Å²) in [4.78, 5) is 25.2. The van der Waals surface area contributed by atoms with Gasteiger partial charge in [0, 0.05) is 0 Å². The molecule has 0 bridgehead atoms. The molecule has 10 saturated heterocycles. The third-order valence-electron chi connectivity index (χ3n) is 18.7. The molecule has 4 atom stereocenters. The van der Waals surface area contributed by atoms with Crippen LogP contribution in [0.25, 0.3) is 0 Å². The zero-order valence-electron chi connectivity index (χ0n) is 18.0. The number of carbonyl (C=O) groups excluding carboxylic acids is 1. The van der Waals surface area contributed by atoms with E-state index in [0.29, 0.717) is 4.31 Å². The molecule has 29 heavy (non-hydrogen) atoms. The minimum absolute atomic E-state index is 0.547. The molecule has 0 radical (unpaired) electrons. The van der Waals surface area contributed by atoms with Gasteiger partial charge in [0.25, 0.3) is 0 Å². The van der Waals surface area contributed by atoms with Crippen LogP contribution in [0.4, 0.5) is 0 Å². The fourth-order valence-corrected chi connectivity index (χ4v) is 93.8. The molecule has 1 nitrogen and oxygen atoms in total. The van der Waals surface area contributed by atoms with E-state index in [1.807, 2.05) is 0 Å². The molecule has 10 fully saturated rings. The average Bonchev–Trinajstić information content (AvgIpc) is 3.67. The van der Waals surface area contributed by atoms with E-state index in [1.54, 1.807) is 0 Å². The number of carbonyl (C=O) groups is 1. The van der Waals surface area contributed by atoms with Gasteiger partial charge in [-0.3, -0.25) is 0 Å². The molecule has 164 valence electrons. The normalized spacial score (nSPS) is 74.7. The zero-order valence-corrected chi connectivity index (χ0v) is 20.0. The number of hydrogen-bond acceptors (Lipinski definition) is 2. The molecular formula is C26H40FeOS. The van der Waals surface area contributed by atoms with Gasteiger partial charge in [-0.15, -0.1) is 0 Å². The van der Waals surface area contributed by atoms with E-state index in [0.717, 1.165) is 18.0 Å². The number of thiol groups is 1. The van der Waals surface area contributed by atoms with Gasteiger partial charge in [0.1, 0.15) is 0 Å². The minimum atomic E-state index is -3.12. The van der Waals surface area contributed by atoms with Gasteiger partial charge in [-0.05, 0) is 12.2 Å². The van der Waals surface area contributed by atoms with Crippen LogP contribution in [-0.4, -0.2) is 11.5 Å². The first-order chi connectivity index (χ1) is 14.0. The summed E-state index contributed by atoms with van der Waals surface area (Å²) in [5.74, 6) is 1.96. The third kappa shape index (κ3) is 0.362. The SMILES string of the molecule is O=C(CCCCCCCCCCCCCCCS)[C]12[CH]3[CH]4[CH]5[CH]1[Fe]45321678[CH]2[CH]1[CH]6[CH]7[CH]28. The van der Waals surface area contributed by atoms with Crippen molar-refractivity contribution in [1.29, 1.82) is 0 Å². The number of hydrogen-bond donors (Lipinski definition) is 1. The first kappa shape index (κ1) is 16.2. The Morgan fingerprint density at radius 1 is 0.586 bits per heavy atom. The van der Waals surface area contributed by atoms with Crippen LogP contribution < -0.4 is 0 Å². The van der Waals surface area contributed by atoms with Crippen LogP contribution in [0.2, 0.25) is 47.7 Å². The zero-order chi connectivity index (χ0) is 19.2. The van der Waals surface area contributed by atoms with Crippen LogP contribution in [0.1, 0.15) is 89.9 Å². The van der Waals surface area contributed by atoms with Crippen molar-refractivity contribution in [2.75, 3.05) is 5.75 Å². The molecule has 1 spiro atoms. The number of fused-ring (bicyclic) bond motifs is 10. The Morgan fingerprint density at radius 3 is 1.28 bits per heavy atom. The number of unbranched alkanes of at least 4 members (excludes halogenated alkanes) is 12. The summed E-state index contributed by atoms with van der Waals surface area (Å²) in [5, 5.41) is 0. The molecule has 0 aromatic heterocycles. The standard InChI is InChI=1S/C21H35OS.C5H5.Fe/c22-21(20-16-13-14-17-20)18-12-10-8-6-4-2-1-3-5-7-9-11-15-19-23;1-2-4-5-3-1;/h13-14,16-17,23H,1-12,15,18-19H2;1-5H;. The summed E-state index contributed by atoms with van der Waals surface area (Å²) in [6.07, 6.45) is 19.1. The van der Waals surface area contributed by atoms with Crippen molar-refractivity contribution in [1.82, 2.24) is 0 Å². The molecule has 10 rings (SSSR count). The molecule has 0 aromatic carbocycles. The quantitative estimate of drug-likeness (QED) is 0.140. The molecule has 4 unspecified atom stereocenters. The van der Waals surface area contributed by atoms with Crippen LogP contribution in [0.5, 0.6) is 0 Å². The summed E-state index contributed by atoms with van der Waals surface area (Å²) in [6, 6.07) is 0. The first-order valence-electron chi connectivity index (χ1n) is 13.4. The second kappa shape index (κ2) is 2.32. The van der Waals surface area contributed by atoms with Gasteiger partial charge in [-0.1, -0.05) is 19.3 Å². The Balaban J connectivity index is 0.665. The van der Waals surface area contributed by atoms with Gasteiger partial charge in [-0.2, -0.15) is 12.6 Å². The monoisotopic (exact) mass is 456 g/mol. The Labute approximate surface area is 172 Å². The molecule has 0 aromatic rings. The Bertz CT molecular complexity index is 1090. The average molecular weight is 457 g/mol. The van der Waals surface area contributed by atoms with Gasteiger partial charge in [0.05, 0.1) is 0 Å². The summed E-state index contributed by atoms with van der Waals surface area (Å²) >= 11 is 4.28. The summed E-state index contributed by atoms with van der Waals surface area (Å²) < 4.78 is 0.547. The van der Waals surface area contributed by atoms with Crippen molar-refractivity contribution in [2.24, 2.45) is 0 Å². The Morgan fingerprint density at radius 2 is 0.966 bits per heavy atom. The van der Waals surface area contributed by atoms with E-state index in [-0.39, 0.29) is 0 Å². The van der Waals surface area contributed by atoms with Crippen molar-refractivity contribution in [3.8, 4) is 0 Å². The van der Waals surface area contributed by atoms with E-state index in [4.69, 9.17) is 0 Å². The van der Waals surface area contributed by atoms with E-state index in [2.05, 4.69) is 12.6 Å². The van der Waals surface area contributed by atoms with E-state index >= 15 is 0 Å². The van der Waals surface area contributed by atoms with Gasteiger partial charge in [-0.25, -0.2) is 0 Å². The number of ketones is 1. The van der Waals surface area contributed by atoms with Crippen molar-refractivity contribution in [2.45, 2.75) is 138 Å². The fourth-order valence-electron chi connectivity index (χ4n) is 19.5. The van der Waals surface area contributed by atoms with Crippen LogP contribution in [-0.2, 0) is 11.3 Å². The molecule has 0 amide bonds. The predicted molar refractivity (Wildman–Crippen MR) is 120 cm³/mol. The second-order valence-corrected chi connectivity index (χ2v) is 39.2. The molecule has 10 heterocycles. The van der Waals surface area contributed by atoms with Crippen molar-refractivity contribution in [3.63, 3.8) is 0 Å². The maximum atomic E-state index is 13.6. The van der Waals surface area contributed by atoms with Gasteiger partial charge < -0.3 is 0 Å². The van der Waals surface area contributed by atoms with Crippen LogP contribution in [0, 0.1) is 0 Å². The molecule has 0 saturated carbocycles. The summed E-state index contributed by atoms with van der Waals surface area (Å²) in [6.45, 7) is -3.12. The van der Waals surface area contributed by atoms with Crippen molar-refractivity contribution < 1.29 is 11.3 Å². The van der Waals surface area contributed by atoms with Crippen molar-refractivity contribution in [3.05, 3.63) is 0 Å². The second-order valence-electron chi connectivity index (χ2n) is 15.2. The third-order valence-corrected chi connectivity index (χ3v) is 61.3.